The molecule has 0 heterocycles. The molecule has 0 aromatic carbocycles. The molecule has 0 atom stereocenters. The topological polar surface area (TPSA) is 61.3 Å². The van der Waals surface area contributed by atoms with Gasteiger partial charge in [-0.3, -0.25) is 0 Å². The van der Waals surface area contributed by atoms with Crippen LogP contribution in [-0.4, -0.2) is 0 Å². The van der Waals surface area contributed by atoms with E-state index >= 15 is 0 Å². The summed E-state index contributed by atoms with van der Waals surface area (Å²) in [6, 6.07) is 0. The van der Waals surface area contributed by atoms with Crippen molar-refractivity contribution in [2.24, 2.45) is 11.5 Å². The summed E-state index contributed by atoms with van der Waals surface area (Å²) in [5.41, 5.74) is 10.9. The van der Waals surface area contributed by atoms with Crippen LogP contribution in [0.1, 0.15) is 6.92 Å². The van der Waals surface area contributed by atoms with Gasteiger partial charge in [-0.1, -0.05) is 6.58 Å². The summed E-state index contributed by atoms with van der Waals surface area (Å²) in [4.78, 5) is 0. The Balaban J connectivity index is 3.79. The summed E-state index contributed by atoms with van der Waals surface area (Å²) in [6.45, 7) is 4.94. The van der Waals surface area contributed by atoms with Gasteiger partial charge in [0.25, 0.3) is 0 Å². The normalized spacial score (nSPS) is 12.1. The lowest BCUT2D eigenvalue weighted by molar-refractivity contribution is 0.341. The van der Waals surface area contributed by atoms with Crippen LogP contribution >= 0.6 is 0 Å². The van der Waals surface area contributed by atoms with Gasteiger partial charge in [0.15, 0.2) is 0 Å². The molecule has 0 aliphatic heterocycles. The molecule has 0 unspecified atom stereocenters. The third kappa shape index (κ3) is 2.12. The lowest BCUT2D eigenvalue weighted by Crippen LogP contribution is -2.07. The van der Waals surface area contributed by atoms with Crippen molar-refractivity contribution in [3.63, 3.8) is 0 Å². The third-order valence-electron chi connectivity index (χ3n) is 0.599. The van der Waals surface area contributed by atoms with Crippen LogP contribution < -0.4 is 11.5 Å². The van der Waals surface area contributed by atoms with E-state index in [2.05, 4.69) is 11.3 Å². The molecular weight excluding hydrogens is 104 g/mol. The van der Waals surface area contributed by atoms with Crippen LogP contribution in [0.5, 0.6) is 0 Å². The second-order valence-electron chi connectivity index (χ2n) is 1.33. The standard InChI is InChI=1S/C5H10N2O/c1-3-8-5(7)4(2)6/h3H,1,6-7H2,2H3/b5-4+. The highest BCUT2D eigenvalue weighted by atomic mass is 16.5. The van der Waals surface area contributed by atoms with Crippen LogP contribution in [0.15, 0.2) is 24.4 Å². The molecule has 3 nitrogen and oxygen atoms in total. The maximum atomic E-state index is 5.20. The number of nitrogens with two attached hydrogens (primary N) is 2. The summed E-state index contributed by atoms with van der Waals surface area (Å²) in [5.74, 6) is 0.208. The fourth-order valence-corrected chi connectivity index (χ4v) is 0.183. The number of hydrogen-bond acceptors (Lipinski definition) is 3. The Labute approximate surface area is 48.6 Å². The van der Waals surface area contributed by atoms with Gasteiger partial charge in [0, 0.05) is 0 Å². The molecule has 0 spiro atoms. The monoisotopic (exact) mass is 114 g/mol. The third-order valence-corrected chi connectivity index (χ3v) is 0.599. The molecule has 0 radical (unpaired) electrons. The molecule has 0 bridgehead atoms. The predicted molar refractivity (Wildman–Crippen MR) is 32.4 cm³/mol. The van der Waals surface area contributed by atoms with Crippen LogP contribution in [0.4, 0.5) is 0 Å². The Morgan fingerprint density at radius 3 is 2.25 bits per heavy atom. The van der Waals surface area contributed by atoms with Gasteiger partial charge in [0.2, 0.25) is 5.88 Å². The molecule has 0 aromatic heterocycles. The molecule has 0 rings (SSSR count). The average molecular weight is 114 g/mol. The van der Waals surface area contributed by atoms with Gasteiger partial charge in [0.05, 0.1) is 12.0 Å². The van der Waals surface area contributed by atoms with Gasteiger partial charge < -0.3 is 16.2 Å². The SMILES string of the molecule is C=CO/C(N)=C(\C)N. The van der Waals surface area contributed by atoms with Crippen molar-refractivity contribution in [3.8, 4) is 0 Å². The Hall–Kier alpha value is -1.12. The molecule has 0 saturated carbocycles. The summed E-state index contributed by atoms with van der Waals surface area (Å²) < 4.78 is 4.60. The number of allylic oxidation sites excluding steroid dienone is 1. The lowest BCUT2D eigenvalue weighted by Gasteiger charge is -1.98. The summed E-state index contributed by atoms with van der Waals surface area (Å²) >= 11 is 0. The van der Waals surface area contributed by atoms with Crippen molar-refractivity contribution < 1.29 is 4.74 Å². The maximum absolute atomic E-state index is 5.20. The Bertz CT molecular complexity index is 114. The van der Waals surface area contributed by atoms with Gasteiger partial charge in [-0.15, -0.1) is 0 Å². The first-order chi connectivity index (χ1) is 3.68. The first-order valence-corrected chi connectivity index (χ1v) is 2.18. The minimum Gasteiger partial charge on any atom is -0.448 e. The fraction of sp³-hybridized carbons (Fsp3) is 0.200. The first-order valence-electron chi connectivity index (χ1n) is 2.18. The molecule has 0 aliphatic rings. The summed E-state index contributed by atoms with van der Waals surface area (Å²) in [5, 5.41) is 0. The molecule has 0 aliphatic carbocycles. The van der Waals surface area contributed by atoms with Gasteiger partial charge in [-0.05, 0) is 6.92 Å². The molecule has 3 heteroatoms. The maximum Gasteiger partial charge on any atom is 0.208 e. The lowest BCUT2D eigenvalue weighted by atomic mass is 10.5. The quantitative estimate of drug-likeness (QED) is 0.506. The summed E-state index contributed by atoms with van der Waals surface area (Å²) in [6.07, 6.45) is 1.23. The molecule has 8 heavy (non-hydrogen) atoms. The van der Waals surface area contributed by atoms with E-state index in [9.17, 15) is 0 Å². The molecule has 4 N–H and O–H groups in total. The van der Waals surface area contributed by atoms with Gasteiger partial charge >= 0.3 is 0 Å². The second kappa shape index (κ2) is 2.96. The number of hydrogen-bond donors (Lipinski definition) is 2. The molecular formula is C5H10N2O. The predicted octanol–water partition coefficient (Wildman–Crippen LogP) is 0.253. The molecule has 0 aromatic rings. The van der Waals surface area contributed by atoms with E-state index in [1.165, 1.54) is 6.26 Å². The van der Waals surface area contributed by atoms with Gasteiger partial charge in [-0.25, -0.2) is 0 Å². The molecule has 0 amide bonds. The Morgan fingerprint density at radius 2 is 2.12 bits per heavy atom. The smallest absolute Gasteiger partial charge is 0.208 e. The van der Waals surface area contributed by atoms with E-state index in [4.69, 9.17) is 11.5 Å². The average Bonchev–Trinajstić information content (AvgIpc) is 1.67. The highest BCUT2D eigenvalue weighted by molar-refractivity contribution is 4.97. The Morgan fingerprint density at radius 1 is 1.62 bits per heavy atom. The van der Waals surface area contributed by atoms with E-state index in [0.717, 1.165) is 0 Å². The fourth-order valence-electron chi connectivity index (χ4n) is 0.183. The van der Waals surface area contributed by atoms with Crippen molar-refractivity contribution in [1.82, 2.24) is 0 Å². The van der Waals surface area contributed by atoms with E-state index in [1.807, 2.05) is 0 Å². The van der Waals surface area contributed by atoms with Crippen LogP contribution in [0.2, 0.25) is 0 Å². The van der Waals surface area contributed by atoms with Crippen LogP contribution in [0.3, 0.4) is 0 Å². The second-order valence-corrected chi connectivity index (χ2v) is 1.33. The van der Waals surface area contributed by atoms with E-state index in [-0.39, 0.29) is 5.88 Å². The van der Waals surface area contributed by atoms with Crippen molar-refractivity contribution in [1.29, 1.82) is 0 Å². The van der Waals surface area contributed by atoms with Gasteiger partial charge in [0.1, 0.15) is 0 Å². The van der Waals surface area contributed by atoms with Crippen molar-refractivity contribution in [2.45, 2.75) is 6.92 Å². The zero-order chi connectivity index (χ0) is 6.57. The minimum absolute atomic E-state index is 0.208. The highest BCUT2D eigenvalue weighted by Gasteiger charge is 1.87. The number of rotatable bonds is 2. The number of ether oxygens (including phenoxy) is 1. The van der Waals surface area contributed by atoms with E-state index < -0.39 is 0 Å². The largest absolute Gasteiger partial charge is 0.448 e. The Kier molecular flexibility index (Phi) is 2.54. The molecule has 46 valence electrons. The highest BCUT2D eigenvalue weighted by Crippen LogP contribution is 1.90. The first kappa shape index (κ1) is 6.88. The van der Waals surface area contributed by atoms with Gasteiger partial charge in [-0.2, -0.15) is 0 Å². The summed E-state index contributed by atoms with van der Waals surface area (Å²) in [7, 11) is 0. The van der Waals surface area contributed by atoms with Crippen LogP contribution in [0.25, 0.3) is 0 Å². The molecule has 0 fully saturated rings. The zero-order valence-electron chi connectivity index (χ0n) is 4.85. The minimum atomic E-state index is 0.208. The van der Waals surface area contributed by atoms with Crippen molar-refractivity contribution in [3.05, 3.63) is 24.4 Å². The van der Waals surface area contributed by atoms with E-state index in [1.54, 1.807) is 6.92 Å². The van der Waals surface area contributed by atoms with Crippen LogP contribution in [0, 0.1) is 0 Å². The van der Waals surface area contributed by atoms with Crippen molar-refractivity contribution in [2.75, 3.05) is 0 Å². The zero-order valence-corrected chi connectivity index (χ0v) is 4.85. The van der Waals surface area contributed by atoms with E-state index in [0.29, 0.717) is 5.70 Å². The van der Waals surface area contributed by atoms with Crippen molar-refractivity contribution >= 4 is 0 Å². The van der Waals surface area contributed by atoms with Crippen LogP contribution in [-0.2, 0) is 4.74 Å². The molecule has 0 saturated heterocycles.